The van der Waals surface area contributed by atoms with Gasteiger partial charge >= 0.3 is 0 Å². The van der Waals surface area contributed by atoms with E-state index in [4.69, 9.17) is 9.47 Å². The van der Waals surface area contributed by atoms with Crippen LogP contribution in [0.4, 0.5) is 10.9 Å². The molecule has 1 atom stereocenters. The second-order valence-corrected chi connectivity index (χ2v) is 10.1. The lowest BCUT2D eigenvalue weighted by atomic mass is 10.1. The van der Waals surface area contributed by atoms with Gasteiger partial charge in [0.15, 0.2) is 17.4 Å². The minimum atomic E-state index is -1.10. The van der Waals surface area contributed by atoms with Crippen LogP contribution in [0.15, 0.2) is 64.9 Å². The van der Waals surface area contributed by atoms with Gasteiger partial charge in [0.2, 0.25) is 5.13 Å². The number of nitrogens with zero attached hydrogens (tertiary/aromatic N) is 5. The molecule has 0 aliphatic heterocycles. The molecule has 0 radical (unpaired) electrons. The Balaban J connectivity index is 1.49. The monoisotopic (exact) mass is 538 g/mol. The van der Waals surface area contributed by atoms with E-state index in [1.54, 1.807) is 18.6 Å². The fourth-order valence-corrected chi connectivity index (χ4v) is 4.85. The lowest BCUT2D eigenvalue weighted by molar-refractivity contribution is -0.208. The highest BCUT2D eigenvalue weighted by molar-refractivity contribution is 7.99. The number of hydrogen-bond acceptors (Lipinski definition) is 11. The molecule has 0 spiro atoms. The van der Waals surface area contributed by atoms with Crippen molar-refractivity contribution in [3.8, 4) is 11.5 Å². The van der Waals surface area contributed by atoms with Crippen molar-refractivity contribution >= 4 is 34.2 Å². The molecule has 194 valence electrons. The first-order chi connectivity index (χ1) is 18.0. The Hall–Kier alpha value is -3.12. The summed E-state index contributed by atoms with van der Waals surface area (Å²) in [5, 5.41) is 15.2. The number of aliphatic hydroxyl groups is 1. The molecule has 0 aliphatic rings. The smallest absolute Gasteiger partial charge is 0.208 e. The molecule has 0 aromatic carbocycles. The maximum absolute atomic E-state index is 10.5. The topological polar surface area (TPSA) is 115 Å². The summed E-state index contributed by atoms with van der Waals surface area (Å²) < 4.78 is 16.4. The maximum atomic E-state index is 10.5. The summed E-state index contributed by atoms with van der Waals surface area (Å²) >= 11 is 2.73. The first-order valence-electron chi connectivity index (χ1n) is 12.1. The molecule has 0 aliphatic carbocycles. The van der Waals surface area contributed by atoms with E-state index in [0.717, 1.165) is 22.0 Å². The average Bonchev–Trinajstić information content (AvgIpc) is 3.35. The van der Waals surface area contributed by atoms with Crippen LogP contribution in [0.1, 0.15) is 44.6 Å². The SMILES string of the molecule is CCCC(O)(CC)OCCc1nsc(Nc2ncc(Sc3ccccn3)cc2Oc2cccnc2C)n1. The molecule has 37 heavy (non-hydrogen) atoms. The van der Waals surface area contributed by atoms with Gasteiger partial charge in [-0.15, -0.1) is 0 Å². The van der Waals surface area contributed by atoms with E-state index in [9.17, 15) is 5.11 Å². The fraction of sp³-hybridized carbons (Fsp3) is 0.346. The molecule has 4 aromatic heterocycles. The summed E-state index contributed by atoms with van der Waals surface area (Å²) in [4.78, 5) is 18.7. The normalized spacial score (nSPS) is 12.8. The lowest BCUT2D eigenvalue weighted by Crippen LogP contribution is -2.32. The van der Waals surface area contributed by atoms with Crippen molar-refractivity contribution in [2.75, 3.05) is 11.9 Å². The molecule has 4 rings (SSSR count). The molecule has 0 saturated heterocycles. The number of hydrogen-bond donors (Lipinski definition) is 2. The van der Waals surface area contributed by atoms with Crippen LogP contribution in [0.25, 0.3) is 0 Å². The summed E-state index contributed by atoms with van der Waals surface area (Å²) in [6.45, 7) is 6.17. The molecule has 4 heterocycles. The quantitative estimate of drug-likeness (QED) is 0.191. The van der Waals surface area contributed by atoms with E-state index in [-0.39, 0.29) is 0 Å². The van der Waals surface area contributed by atoms with Crippen molar-refractivity contribution in [3.63, 3.8) is 0 Å². The molecule has 9 nitrogen and oxygen atoms in total. The van der Waals surface area contributed by atoms with Gasteiger partial charge in [-0.1, -0.05) is 38.1 Å². The molecule has 0 fully saturated rings. The number of anilines is 2. The molecule has 2 N–H and O–H groups in total. The van der Waals surface area contributed by atoms with Gasteiger partial charge in [-0.3, -0.25) is 4.98 Å². The van der Waals surface area contributed by atoms with Gasteiger partial charge in [-0.25, -0.2) is 15.0 Å². The largest absolute Gasteiger partial charge is 0.452 e. The van der Waals surface area contributed by atoms with Crippen LogP contribution >= 0.6 is 23.3 Å². The van der Waals surface area contributed by atoms with Gasteiger partial charge in [0.05, 0.1) is 12.3 Å². The average molecular weight is 539 g/mol. The number of aryl methyl sites for hydroxylation is 1. The van der Waals surface area contributed by atoms with Crippen LogP contribution in [0.5, 0.6) is 11.5 Å². The van der Waals surface area contributed by atoms with Gasteiger partial charge in [0.1, 0.15) is 16.6 Å². The van der Waals surface area contributed by atoms with Gasteiger partial charge in [-0.05, 0) is 37.6 Å². The Bertz CT molecular complexity index is 1290. The molecule has 1 unspecified atom stereocenters. The molecular weight excluding hydrogens is 508 g/mol. The van der Waals surface area contributed by atoms with Crippen LogP contribution < -0.4 is 10.1 Å². The van der Waals surface area contributed by atoms with Crippen LogP contribution in [0.3, 0.4) is 0 Å². The summed E-state index contributed by atoms with van der Waals surface area (Å²) in [5.41, 5.74) is 0.768. The molecule has 4 aromatic rings. The Morgan fingerprint density at radius 3 is 2.70 bits per heavy atom. The van der Waals surface area contributed by atoms with E-state index >= 15 is 0 Å². The molecule has 11 heteroatoms. The highest BCUT2D eigenvalue weighted by Crippen LogP contribution is 2.36. The second kappa shape index (κ2) is 12.9. The third kappa shape index (κ3) is 7.68. The number of pyridine rings is 3. The summed E-state index contributed by atoms with van der Waals surface area (Å²) in [6, 6.07) is 11.4. The zero-order valence-corrected chi connectivity index (χ0v) is 22.7. The van der Waals surface area contributed by atoms with E-state index in [1.165, 1.54) is 23.3 Å². The van der Waals surface area contributed by atoms with Gasteiger partial charge < -0.3 is 19.9 Å². The number of aromatic nitrogens is 5. The van der Waals surface area contributed by atoms with Crippen molar-refractivity contribution in [1.82, 2.24) is 24.3 Å². The first-order valence-corrected chi connectivity index (χ1v) is 13.7. The molecule has 0 amide bonds. The Morgan fingerprint density at radius 2 is 1.95 bits per heavy atom. The minimum absolute atomic E-state index is 0.340. The van der Waals surface area contributed by atoms with Crippen molar-refractivity contribution < 1.29 is 14.6 Å². The molecule has 0 saturated carbocycles. The van der Waals surface area contributed by atoms with Crippen molar-refractivity contribution in [2.24, 2.45) is 0 Å². The second-order valence-electron chi connectivity index (χ2n) is 8.27. The zero-order chi connectivity index (χ0) is 26.1. The highest BCUT2D eigenvalue weighted by Gasteiger charge is 2.24. The Morgan fingerprint density at radius 1 is 1.08 bits per heavy atom. The van der Waals surface area contributed by atoms with Gasteiger partial charge in [0.25, 0.3) is 0 Å². The Kier molecular flexibility index (Phi) is 9.40. The van der Waals surface area contributed by atoms with Crippen LogP contribution in [-0.2, 0) is 11.2 Å². The summed E-state index contributed by atoms with van der Waals surface area (Å²) in [5.74, 6) is 1.22. The summed E-state index contributed by atoms with van der Waals surface area (Å²) in [6.07, 6.45) is 7.73. The van der Waals surface area contributed by atoms with Gasteiger partial charge in [0, 0.05) is 53.9 Å². The Labute approximate surface area is 224 Å². The zero-order valence-electron chi connectivity index (χ0n) is 21.0. The van der Waals surface area contributed by atoms with E-state index in [2.05, 4.69) is 29.6 Å². The first kappa shape index (κ1) is 26.9. The fourth-order valence-electron chi connectivity index (χ4n) is 3.46. The van der Waals surface area contributed by atoms with Crippen LogP contribution in [0.2, 0.25) is 0 Å². The molecule has 0 bridgehead atoms. The predicted molar refractivity (Wildman–Crippen MR) is 145 cm³/mol. The lowest BCUT2D eigenvalue weighted by Gasteiger charge is -2.26. The van der Waals surface area contributed by atoms with Gasteiger partial charge in [-0.2, -0.15) is 4.37 Å². The van der Waals surface area contributed by atoms with E-state index in [0.29, 0.717) is 54.1 Å². The van der Waals surface area contributed by atoms with Crippen molar-refractivity contribution in [3.05, 3.63) is 66.5 Å². The van der Waals surface area contributed by atoms with Crippen molar-refractivity contribution in [2.45, 2.75) is 62.2 Å². The van der Waals surface area contributed by atoms with Crippen molar-refractivity contribution in [1.29, 1.82) is 0 Å². The van der Waals surface area contributed by atoms with E-state index in [1.807, 2.05) is 57.2 Å². The standard InChI is InChI=1S/C26H30N6O3S2/c1-4-12-26(33,5-2)34-15-11-22-30-25(37-32-22)31-24-21(35-20-9-8-14-27-18(20)3)16-19(17-29-24)36-23-10-6-7-13-28-23/h6-10,13-14,16-17,33H,4-5,11-12,15H2,1-3H3,(H,29,30,31,32). The molecular formula is C26H30N6O3S2. The maximum Gasteiger partial charge on any atom is 0.208 e. The third-order valence-corrected chi connectivity index (χ3v) is 7.03. The number of ether oxygens (including phenoxy) is 2. The third-order valence-electron chi connectivity index (χ3n) is 5.45. The van der Waals surface area contributed by atoms with Crippen LogP contribution in [-0.4, -0.2) is 41.8 Å². The minimum Gasteiger partial charge on any atom is -0.452 e. The number of rotatable bonds is 13. The summed E-state index contributed by atoms with van der Waals surface area (Å²) in [7, 11) is 0. The highest BCUT2D eigenvalue weighted by atomic mass is 32.2. The predicted octanol–water partition coefficient (Wildman–Crippen LogP) is 6.18. The number of nitrogens with one attached hydrogen (secondary N) is 1. The van der Waals surface area contributed by atoms with E-state index < -0.39 is 5.79 Å². The van der Waals surface area contributed by atoms with Crippen LogP contribution in [0, 0.1) is 6.92 Å².